The van der Waals surface area contributed by atoms with Crippen LogP contribution in [0.2, 0.25) is 5.02 Å². The van der Waals surface area contributed by atoms with E-state index in [1.54, 1.807) is 18.2 Å². The smallest absolute Gasteiger partial charge is 0.417 e. The van der Waals surface area contributed by atoms with Crippen molar-refractivity contribution in [1.29, 1.82) is 0 Å². The predicted molar refractivity (Wildman–Crippen MR) is 106 cm³/mol. The summed E-state index contributed by atoms with van der Waals surface area (Å²) in [6.07, 6.45) is -3.97. The number of hydrogen-bond acceptors (Lipinski definition) is 5. The lowest BCUT2D eigenvalue weighted by Gasteiger charge is -2.25. The Kier molecular flexibility index (Phi) is 5.19. The van der Waals surface area contributed by atoms with Gasteiger partial charge in [0.2, 0.25) is 5.88 Å². The van der Waals surface area contributed by atoms with Crippen LogP contribution in [0.5, 0.6) is 23.1 Å². The highest BCUT2D eigenvalue weighted by Gasteiger charge is 2.34. The van der Waals surface area contributed by atoms with Crippen LogP contribution < -0.4 is 14.3 Å². The Labute approximate surface area is 177 Å². The molecule has 0 unspecified atom stereocenters. The molecule has 3 aromatic rings. The van der Waals surface area contributed by atoms with Crippen LogP contribution in [0.3, 0.4) is 0 Å². The average Bonchev–Trinajstić information content (AvgIpc) is 3.00. The second kappa shape index (κ2) is 7.55. The van der Waals surface area contributed by atoms with Gasteiger partial charge >= 0.3 is 11.0 Å². The molecule has 158 valence electrons. The van der Waals surface area contributed by atoms with Crippen molar-refractivity contribution >= 4 is 22.9 Å². The van der Waals surface area contributed by atoms with Gasteiger partial charge in [0.05, 0.1) is 22.1 Å². The maximum absolute atomic E-state index is 13.0. The topological polar surface area (TPSA) is 71.5 Å². The van der Waals surface area contributed by atoms with Crippen LogP contribution in [0.25, 0.3) is 0 Å². The molecule has 4 rings (SSSR count). The summed E-state index contributed by atoms with van der Waals surface area (Å²) in [5.74, 6) is 0.702. The van der Waals surface area contributed by atoms with Crippen LogP contribution >= 0.6 is 22.9 Å². The van der Waals surface area contributed by atoms with E-state index in [0.717, 1.165) is 29.0 Å². The molecule has 1 atom stereocenters. The zero-order valence-electron chi connectivity index (χ0n) is 15.5. The minimum absolute atomic E-state index is 0.154. The number of ether oxygens (including phenoxy) is 2. The van der Waals surface area contributed by atoms with E-state index in [4.69, 9.17) is 21.1 Å². The lowest BCUT2D eigenvalue weighted by Crippen LogP contribution is -2.14. The summed E-state index contributed by atoms with van der Waals surface area (Å²) in [7, 11) is 0. The van der Waals surface area contributed by atoms with E-state index >= 15 is 0 Å². The van der Waals surface area contributed by atoms with Crippen molar-refractivity contribution in [3.63, 3.8) is 0 Å². The molecule has 2 aromatic carbocycles. The molecule has 0 fully saturated rings. The minimum Gasteiger partial charge on any atom is -0.494 e. The minimum atomic E-state index is -4.55. The molecular formula is C20H15ClF3NO4S. The van der Waals surface area contributed by atoms with Crippen molar-refractivity contribution in [3.05, 3.63) is 66.6 Å². The highest BCUT2D eigenvalue weighted by Crippen LogP contribution is 2.44. The first-order valence-electron chi connectivity index (χ1n) is 8.87. The highest BCUT2D eigenvalue weighted by molar-refractivity contribution is 7.09. The van der Waals surface area contributed by atoms with Crippen LogP contribution in [0.4, 0.5) is 13.2 Å². The van der Waals surface area contributed by atoms with Crippen LogP contribution in [-0.4, -0.2) is 16.7 Å². The second-order valence-corrected chi connectivity index (χ2v) is 8.24. The van der Waals surface area contributed by atoms with Crippen molar-refractivity contribution in [3.8, 4) is 23.1 Å². The first kappa shape index (κ1) is 20.6. The second-order valence-electron chi connectivity index (χ2n) is 6.81. The Morgan fingerprint density at radius 2 is 2.07 bits per heavy atom. The van der Waals surface area contributed by atoms with E-state index in [0.29, 0.717) is 29.4 Å². The van der Waals surface area contributed by atoms with Gasteiger partial charge in [-0.2, -0.15) is 13.2 Å². The Bertz CT molecular complexity index is 1170. The number of thiazole rings is 1. The fourth-order valence-corrected chi connectivity index (χ4v) is 4.53. The molecule has 0 amide bonds. The quantitative estimate of drug-likeness (QED) is 0.519. The maximum atomic E-state index is 13.0. The number of fused-ring (bicyclic) bond motifs is 1. The van der Waals surface area contributed by atoms with Gasteiger partial charge in [-0.15, -0.1) is 0 Å². The van der Waals surface area contributed by atoms with Crippen molar-refractivity contribution in [2.24, 2.45) is 0 Å². The van der Waals surface area contributed by atoms with Gasteiger partial charge in [0.25, 0.3) is 0 Å². The number of rotatable bonds is 3. The van der Waals surface area contributed by atoms with Gasteiger partial charge in [-0.3, -0.25) is 9.78 Å². The molecule has 30 heavy (non-hydrogen) atoms. The zero-order valence-corrected chi connectivity index (χ0v) is 17.0. The Hall–Kier alpha value is -2.65. The number of aromatic nitrogens is 1. The molecule has 2 heterocycles. The number of aromatic hydroxyl groups is 1. The summed E-state index contributed by atoms with van der Waals surface area (Å²) in [4.78, 5) is 14.1. The van der Waals surface area contributed by atoms with Gasteiger partial charge in [0, 0.05) is 23.6 Å². The monoisotopic (exact) mass is 457 g/mol. The Morgan fingerprint density at radius 1 is 1.30 bits per heavy atom. The number of halogens is 4. The molecule has 10 heteroatoms. The Balaban J connectivity index is 1.65. The van der Waals surface area contributed by atoms with Crippen molar-refractivity contribution < 1.29 is 27.8 Å². The number of benzene rings is 2. The summed E-state index contributed by atoms with van der Waals surface area (Å²) in [6, 6.07) is 7.10. The molecule has 0 spiro atoms. The molecule has 0 saturated carbocycles. The van der Waals surface area contributed by atoms with Gasteiger partial charge in [-0.1, -0.05) is 29.0 Å². The first-order valence-corrected chi connectivity index (χ1v) is 10.1. The van der Waals surface area contributed by atoms with E-state index in [1.165, 1.54) is 6.92 Å². The number of aryl methyl sites for hydroxylation is 1. The van der Waals surface area contributed by atoms with Crippen LogP contribution in [-0.2, 0) is 6.18 Å². The average molecular weight is 458 g/mol. The van der Waals surface area contributed by atoms with E-state index < -0.39 is 16.8 Å². The van der Waals surface area contributed by atoms with Gasteiger partial charge in [-0.05, 0) is 31.0 Å². The summed E-state index contributed by atoms with van der Waals surface area (Å²) >= 11 is 6.74. The number of aromatic amines is 1. The highest BCUT2D eigenvalue weighted by atomic mass is 35.5. The largest absolute Gasteiger partial charge is 0.494 e. The zero-order chi connectivity index (χ0) is 21.6. The molecule has 0 aliphatic carbocycles. The normalized spacial score (nSPS) is 16.1. The lowest BCUT2D eigenvalue weighted by molar-refractivity contribution is -0.137. The number of H-pyrrole nitrogens is 1. The van der Waals surface area contributed by atoms with Crippen LogP contribution in [0, 0.1) is 6.92 Å². The van der Waals surface area contributed by atoms with Crippen molar-refractivity contribution in [2.75, 3.05) is 6.61 Å². The van der Waals surface area contributed by atoms with E-state index in [2.05, 4.69) is 4.98 Å². The Morgan fingerprint density at radius 3 is 2.73 bits per heavy atom. The molecule has 0 saturated heterocycles. The summed E-state index contributed by atoms with van der Waals surface area (Å²) < 4.78 is 50.5. The maximum Gasteiger partial charge on any atom is 0.417 e. The summed E-state index contributed by atoms with van der Waals surface area (Å²) in [6.45, 7) is 1.88. The molecule has 1 aromatic heterocycles. The van der Waals surface area contributed by atoms with Gasteiger partial charge in [0.15, 0.2) is 0 Å². The number of hydrogen-bond donors (Lipinski definition) is 2. The molecule has 0 bridgehead atoms. The molecule has 1 aliphatic rings. The summed E-state index contributed by atoms with van der Waals surface area (Å²) in [5.41, 5.74) is 0.141. The van der Waals surface area contributed by atoms with E-state index in [-0.39, 0.29) is 28.0 Å². The summed E-state index contributed by atoms with van der Waals surface area (Å²) in [5, 5.41) is 9.54. The fourth-order valence-electron chi connectivity index (χ4n) is 3.39. The standard InChI is InChI=1S/C20H15ClF3NO4S/c1-9-6-13(20(22,23)24)14(21)8-15(9)29-10-2-3-11-12(4-5-28-16(11)7-10)17-18(26)25-19(27)30-17/h2-3,6-8,12,26H,4-5H2,1H3,(H,25,27)/t12-/m1/s1. The number of nitrogens with one attached hydrogen (secondary N) is 1. The van der Waals surface area contributed by atoms with Crippen molar-refractivity contribution in [2.45, 2.75) is 25.4 Å². The van der Waals surface area contributed by atoms with Crippen LogP contribution in [0.15, 0.2) is 35.1 Å². The third-order valence-electron chi connectivity index (χ3n) is 4.80. The number of alkyl halides is 3. The van der Waals surface area contributed by atoms with Crippen LogP contribution in [0.1, 0.15) is 33.9 Å². The molecule has 1 aliphatic heterocycles. The molecule has 0 radical (unpaired) electrons. The fraction of sp³-hybridized carbons (Fsp3) is 0.250. The SMILES string of the molecule is Cc1cc(C(F)(F)F)c(Cl)cc1Oc1ccc2c(c1)OCC[C@H]2c1sc(=O)[nH]c1O. The van der Waals surface area contributed by atoms with E-state index in [1.807, 2.05) is 0 Å². The first-order chi connectivity index (χ1) is 14.1. The van der Waals surface area contributed by atoms with Gasteiger partial charge in [-0.25, -0.2) is 0 Å². The van der Waals surface area contributed by atoms with Gasteiger partial charge in [0.1, 0.15) is 17.2 Å². The lowest BCUT2D eigenvalue weighted by atomic mass is 9.92. The molecule has 5 nitrogen and oxygen atoms in total. The predicted octanol–water partition coefficient (Wildman–Crippen LogP) is 5.83. The van der Waals surface area contributed by atoms with Crippen molar-refractivity contribution in [1.82, 2.24) is 4.98 Å². The van der Waals surface area contributed by atoms with Gasteiger partial charge < -0.3 is 14.6 Å². The molecular weight excluding hydrogens is 443 g/mol. The third kappa shape index (κ3) is 3.87. The third-order valence-corrected chi connectivity index (χ3v) is 6.09. The van der Waals surface area contributed by atoms with E-state index in [9.17, 15) is 23.1 Å². The molecule has 2 N–H and O–H groups in total.